The molecule has 8 heteroatoms. The second kappa shape index (κ2) is 8.56. The van der Waals surface area contributed by atoms with Gasteiger partial charge in [0.2, 0.25) is 0 Å². The van der Waals surface area contributed by atoms with Crippen molar-refractivity contribution in [3.63, 3.8) is 0 Å². The molecule has 1 N–H and O–H groups in total. The zero-order valence-electron chi connectivity index (χ0n) is 14.9. The van der Waals surface area contributed by atoms with Crippen LogP contribution in [0.2, 0.25) is 0 Å². The molecule has 2 heterocycles. The molecule has 0 bridgehead atoms. The fourth-order valence-electron chi connectivity index (χ4n) is 3.39. The summed E-state index contributed by atoms with van der Waals surface area (Å²) < 4.78 is 43.6. The highest BCUT2D eigenvalue weighted by Crippen LogP contribution is 2.33. The number of carbonyl (C=O) groups is 1. The van der Waals surface area contributed by atoms with Crippen LogP contribution in [0.3, 0.4) is 0 Å². The largest absolute Gasteiger partial charge is 0.487 e. The Balaban J connectivity index is 1.74. The normalized spacial score (nSPS) is 17.9. The van der Waals surface area contributed by atoms with Gasteiger partial charge in [-0.2, -0.15) is 13.2 Å². The fourth-order valence-corrected chi connectivity index (χ4v) is 3.39. The van der Waals surface area contributed by atoms with Crippen molar-refractivity contribution in [2.45, 2.75) is 38.3 Å². The summed E-state index contributed by atoms with van der Waals surface area (Å²) in [5.74, 6) is 0.414. The lowest BCUT2D eigenvalue weighted by Crippen LogP contribution is -2.36. The summed E-state index contributed by atoms with van der Waals surface area (Å²) in [6.45, 7) is 0.694. The number of alkyl halides is 3. The molecule has 0 aromatic carbocycles. The van der Waals surface area contributed by atoms with E-state index in [1.807, 2.05) is 6.08 Å². The van der Waals surface area contributed by atoms with E-state index in [1.165, 1.54) is 6.20 Å². The van der Waals surface area contributed by atoms with E-state index in [9.17, 15) is 18.0 Å². The number of rotatable bonds is 7. The third-order valence-electron chi connectivity index (χ3n) is 4.69. The first-order valence-corrected chi connectivity index (χ1v) is 9.00. The quantitative estimate of drug-likeness (QED) is 0.728. The topological polar surface area (TPSA) is 54.5 Å². The van der Waals surface area contributed by atoms with Gasteiger partial charge in [-0.05, 0) is 55.0 Å². The zero-order valence-corrected chi connectivity index (χ0v) is 14.9. The predicted octanol–water partition coefficient (Wildman–Crippen LogP) is 3.80. The summed E-state index contributed by atoms with van der Waals surface area (Å²) in [4.78, 5) is 15.0. The van der Waals surface area contributed by atoms with Crippen LogP contribution in [-0.2, 0) is 0 Å². The zero-order chi connectivity index (χ0) is 19.3. The van der Waals surface area contributed by atoms with E-state index in [0.29, 0.717) is 25.2 Å². The van der Waals surface area contributed by atoms with Crippen LogP contribution in [-0.4, -0.2) is 42.2 Å². The molecule has 1 aromatic heterocycles. The molecule has 0 spiro atoms. The molecule has 0 saturated carbocycles. The molecule has 1 aliphatic heterocycles. The lowest BCUT2D eigenvalue weighted by atomic mass is 9.90. The summed E-state index contributed by atoms with van der Waals surface area (Å²) in [6.07, 6.45) is 2.69. The third-order valence-corrected chi connectivity index (χ3v) is 4.69. The number of hydrogen-bond donors (Lipinski definition) is 1. The Morgan fingerprint density at radius 2 is 2.11 bits per heavy atom. The summed E-state index contributed by atoms with van der Waals surface area (Å²) in [5, 5.41) is 1.59. The lowest BCUT2D eigenvalue weighted by molar-refractivity contribution is -0.137. The molecular weight excluding hydrogens is 359 g/mol. The van der Waals surface area contributed by atoms with E-state index >= 15 is 0 Å². The third kappa shape index (κ3) is 5.09. The van der Waals surface area contributed by atoms with Crippen LogP contribution < -0.4 is 10.2 Å². The first-order chi connectivity index (χ1) is 13.0. The Morgan fingerprint density at radius 3 is 2.89 bits per heavy atom. The van der Waals surface area contributed by atoms with Crippen molar-refractivity contribution in [3.8, 4) is 5.75 Å². The Morgan fingerprint density at radius 1 is 1.30 bits per heavy atom. The molecule has 5 nitrogen and oxygen atoms in total. The SMILES string of the molecule is O=Cc1ncccc1OCC1=C(C2=CCNN2CCC(F)(F)F)CCCC1. The van der Waals surface area contributed by atoms with Crippen LogP contribution in [0.25, 0.3) is 0 Å². The van der Waals surface area contributed by atoms with Crippen LogP contribution in [0, 0.1) is 0 Å². The number of nitrogens with one attached hydrogen (secondary N) is 1. The van der Waals surface area contributed by atoms with Gasteiger partial charge in [0.05, 0.1) is 12.1 Å². The Bertz CT molecular complexity index is 744. The van der Waals surface area contributed by atoms with Crippen molar-refractivity contribution >= 4 is 6.29 Å². The summed E-state index contributed by atoms with van der Waals surface area (Å²) >= 11 is 0. The van der Waals surface area contributed by atoms with Gasteiger partial charge in [0, 0.05) is 19.3 Å². The first-order valence-electron chi connectivity index (χ1n) is 9.00. The number of pyridine rings is 1. The van der Waals surface area contributed by atoms with E-state index in [0.717, 1.165) is 42.5 Å². The molecule has 1 aliphatic carbocycles. The molecule has 0 unspecified atom stereocenters. The number of nitrogens with zero attached hydrogens (tertiary/aromatic N) is 2. The molecule has 146 valence electrons. The average molecular weight is 381 g/mol. The van der Waals surface area contributed by atoms with Gasteiger partial charge < -0.3 is 9.75 Å². The molecule has 0 saturated heterocycles. The predicted molar refractivity (Wildman–Crippen MR) is 94.1 cm³/mol. The first kappa shape index (κ1) is 19.4. The van der Waals surface area contributed by atoms with Crippen molar-refractivity contribution in [1.82, 2.24) is 15.4 Å². The Hall–Kier alpha value is -2.35. The van der Waals surface area contributed by atoms with Crippen LogP contribution in [0.4, 0.5) is 13.2 Å². The highest BCUT2D eigenvalue weighted by atomic mass is 19.4. The second-order valence-electron chi connectivity index (χ2n) is 6.55. The van der Waals surface area contributed by atoms with Gasteiger partial charge in [0.1, 0.15) is 18.1 Å². The molecule has 0 fully saturated rings. The number of aromatic nitrogens is 1. The standard InChI is InChI=1S/C19H22F3N3O2/c20-19(21,22)8-11-25-17(7-10-24-25)15-5-2-1-4-14(15)13-27-18-6-3-9-23-16(18)12-26/h3,6-7,9,12,24H,1-2,4-5,8,10-11,13H2. The summed E-state index contributed by atoms with van der Waals surface area (Å²) in [6, 6.07) is 3.38. The number of carbonyl (C=O) groups excluding carboxylic acids is 1. The minimum absolute atomic E-state index is 0.120. The van der Waals surface area contributed by atoms with Crippen molar-refractivity contribution in [3.05, 3.63) is 46.9 Å². The maximum atomic E-state index is 12.6. The highest BCUT2D eigenvalue weighted by Gasteiger charge is 2.30. The molecule has 0 amide bonds. The fraction of sp³-hybridized carbons (Fsp3) is 0.474. The average Bonchev–Trinajstić information content (AvgIpc) is 3.13. The van der Waals surface area contributed by atoms with Crippen LogP contribution in [0.1, 0.15) is 42.6 Å². The van der Waals surface area contributed by atoms with Gasteiger partial charge in [-0.3, -0.25) is 4.79 Å². The van der Waals surface area contributed by atoms with E-state index in [4.69, 9.17) is 4.74 Å². The maximum Gasteiger partial charge on any atom is 0.390 e. The van der Waals surface area contributed by atoms with Crippen molar-refractivity contribution in [1.29, 1.82) is 0 Å². The molecule has 2 aliphatic rings. The molecular formula is C19H22F3N3O2. The second-order valence-corrected chi connectivity index (χ2v) is 6.55. The number of hydrazine groups is 1. The number of halogens is 3. The van der Waals surface area contributed by atoms with E-state index in [1.54, 1.807) is 17.1 Å². The summed E-state index contributed by atoms with van der Waals surface area (Å²) in [5.41, 5.74) is 6.17. The molecule has 3 rings (SSSR count). The van der Waals surface area contributed by atoms with Crippen LogP contribution >= 0.6 is 0 Å². The Labute approximate surface area is 155 Å². The lowest BCUT2D eigenvalue weighted by Gasteiger charge is -2.29. The van der Waals surface area contributed by atoms with Gasteiger partial charge in [-0.1, -0.05) is 0 Å². The highest BCUT2D eigenvalue weighted by molar-refractivity contribution is 5.76. The monoisotopic (exact) mass is 381 g/mol. The number of allylic oxidation sites excluding steroid dienone is 1. The summed E-state index contributed by atoms with van der Waals surface area (Å²) in [7, 11) is 0. The number of ether oxygens (including phenoxy) is 1. The van der Waals surface area contributed by atoms with Gasteiger partial charge in [-0.15, -0.1) is 0 Å². The van der Waals surface area contributed by atoms with Crippen molar-refractivity contribution in [2.75, 3.05) is 19.7 Å². The number of aldehydes is 1. The minimum atomic E-state index is -4.19. The van der Waals surface area contributed by atoms with Crippen LogP contribution in [0.15, 0.2) is 41.2 Å². The maximum absolute atomic E-state index is 12.6. The van der Waals surface area contributed by atoms with E-state index in [-0.39, 0.29) is 12.2 Å². The van der Waals surface area contributed by atoms with E-state index < -0.39 is 12.6 Å². The Kier molecular flexibility index (Phi) is 6.15. The minimum Gasteiger partial charge on any atom is -0.487 e. The van der Waals surface area contributed by atoms with Crippen molar-refractivity contribution in [2.24, 2.45) is 0 Å². The smallest absolute Gasteiger partial charge is 0.390 e. The molecule has 1 aromatic rings. The molecule has 0 radical (unpaired) electrons. The molecule has 27 heavy (non-hydrogen) atoms. The number of hydrogen-bond acceptors (Lipinski definition) is 5. The van der Waals surface area contributed by atoms with Crippen molar-refractivity contribution < 1.29 is 22.7 Å². The van der Waals surface area contributed by atoms with Gasteiger partial charge in [0.15, 0.2) is 6.29 Å². The van der Waals surface area contributed by atoms with Gasteiger partial charge in [-0.25, -0.2) is 10.4 Å². The van der Waals surface area contributed by atoms with Gasteiger partial charge in [0.25, 0.3) is 0 Å². The van der Waals surface area contributed by atoms with E-state index in [2.05, 4.69) is 10.4 Å². The van der Waals surface area contributed by atoms with Gasteiger partial charge >= 0.3 is 6.18 Å². The van der Waals surface area contributed by atoms with Crippen LogP contribution in [0.5, 0.6) is 5.75 Å². The molecule has 0 atom stereocenters.